The first-order chi connectivity index (χ1) is 11.0. The molecule has 0 saturated heterocycles. The number of benzene rings is 2. The third-order valence-electron chi connectivity index (χ3n) is 3.38. The van der Waals surface area contributed by atoms with Crippen molar-refractivity contribution in [3.63, 3.8) is 0 Å². The Morgan fingerprint density at radius 1 is 1.00 bits per heavy atom. The molecule has 1 heterocycles. The first kappa shape index (κ1) is 15.1. The van der Waals surface area contributed by atoms with Gasteiger partial charge in [0.25, 0.3) is 0 Å². The number of carbonyl (C=O) groups excluding carboxylic acids is 1. The maximum atomic E-state index is 12.9. The third kappa shape index (κ3) is 3.03. The number of anilines is 3. The van der Waals surface area contributed by atoms with Gasteiger partial charge in [-0.3, -0.25) is 4.99 Å². The molecule has 4 nitrogen and oxygen atoms in total. The van der Waals surface area contributed by atoms with E-state index in [2.05, 4.69) is 15.6 Å². The Kier molecular flexibility index (Phi) is 3.77. The van der Waals surface area contributed by atoms with Crippen LogP contribution in [0.4, 0.5) is 30.2 Å². The largest absolute Gasteiger partial charge is 0.416 e. The summed E-state index contributed by atoms with van der Waals surface area (Å²) in [6.45, 7) is -0.0784. The monoisotopic (exact) mass is 319 g/mol. The number of carbonyl (C=O) groups is 1. The summed E-state index contributed by atoms with van der Waals surface area (Å²) in [4.78, 5) is 14.7. The number of amidine groups is 1. The first-order valence-corrected chi connectivity index (χ1v) is 6.82. The van der Waals surface area contributed by atoms with Crippen molar-refractivity contribution < 1.29 is 18.0 Å². The van der Waals surface area contributed by atoms with Gasteiger partial charge in [-0.2, -0.15) is 13.2 Å². The zero-order chi connectivity index (χ0) is 16.4. The number of hydrogen-bond donors (Lipinski definition) is 2. The highest BCUT2D eigenvalue weighted by Gasteiger charge is 2.31. The summed E-state index contributed by atoms with van der Waals surface area (Å²) in [6, 6.07) is 10.6. The van der Waals surface area contributed by atoms with Gasteiger partial charge >= 0.3 is 6.18 Å². The summed E-state index contributed by atoms with van der Waals surface area (Å²) < 4.78 is 38.7. The fourth-order valence-corrected chi connectivity index (χ4v) is 2.32. The van der Waals surface area contributed by atoms with Crippen LogP contribution in [0.2, 0.25) is 0 Å². The average Bonchev–Trinajstić information content (AvgIpc) is 2.67. The van der Waals surface area contributed by atoms with E-state index in [-0.39, 0.29) is 12.2 Å². The predicted molar refractivity (Wildman–Crippen MR) is 82.3 cm³/mol. The fraction of sp³-hybridized carbons (Fsp3) is 0.125. The van der Waals surface area contributed by atoms with Crippen LogP contribution in [0.15, 0.2) is 47.5 Å². The van der Waals surface area contributed by atoms with Gasteiger partial charge in [0, 0.05) is 11.3 Å². The Balaban J connectivity index is 2.11. The lowest BCUT2D eigenvalue weighted by Gasteiger charge is -2.13. The van der Waals surface area contributed by atoms with Gasteiger partial charge in [0.2, 0.25) is 0 Å². The van der Waals surface area contributed by atoms with E-state index in [1.807, 2.05) is 0 Å². The summed E-state index contributed by atoms with van der Waals surface area (Å²) in [5.41, 5.74) is 1.37. The van der Waals surface area contributed by atoms with Gasteiger partial charge in [-0.05, 0) is 30.3 Å². The van der Waals surface area contributed by atoms with Gasteiger partial charge in [0.1, 0.15) is 12.1 Å². The number of para-hydroxylation sites is 1. The number of nitrogens with zero attached hydrogens (tertiary/aromatic N) is 1. The molecule has 0 unspecified atom stereocenters. The molecule has 0 radical (unpaired) electrons. The maximum absolute atomic E-state index is 12.9. The molecule has 0 aromatic heterocycles. The van der Waals surface area contributed by atoms with E-state index in [9.17, 15) is 18.0 Å². The Bertz CT molecular complexity index is 784. The lowest BCUT2D eigenvalue weighted by atomic mass is 10.1. The van der Waals surface area contributed by atoms with Crippen LogP contribution in [-0.2, 0) is 11.0 Å². The molecule has 0 spiro atoms. The summed E-state index contributed by atoms with van der Waals surface area (Å²) >= 11 is 0. The lowest BCUT2D eigenvalue weighted by Crippen LogP contribution is -2.14. The van der Waals surface area contributed by atoms with E-state index >= 15 is 0 Å². The standard InChI is InChI=1S/C16H12F3N3O/c17-16(18,19)10-5-6-13-14(9-10)22-15(20-7-8-23)11-3-1-2-4-12(11)21-13/h1-6,8-9,21H,7H2,(H,20,22). The van der Waals surface area contributed by atoms with Crippen molar-refractivity contribution in [3.05, 3.63) is 53.6 Å². The van der Waals surface area contributed by atoms with Crippen LogP contribution in [0.3, 0.4) is 0 Å². The van der Waals surface area contributed by atoms with Gasteiger partial charge in [-0.25, -0.2) is 0 Å². The van der Waals surface area contributed by atoms with Crippen molar-refractivity contribution in [2.75, 3.05) is 17.2 Å². The third-order valence-corrected chi connectivity index (χ3v) is 3.38. The van der Waals surface area contributed by atoms with Crippen molar-refractivity contribution in [2.45, 2.75) is 6.18 Å². The second-order valence-electron chi connectivity index (χ2n) is 4.91. The molecule has 3 rings (SSSR count). The van der Waals surface area contributed by atoms with Crippen LogP contribution in [0.25, 0.3) is 0 Å². The van der Waals surface area contributed by atoms with E-state index in [1.165, 1.54) is 6.07 Å². The number of aliphatic imine (C=N–C) groups is 1. The maximum Gasteiger partial charge on any atom is 0.416 e. The molecule has 0 amide bonds. The molecule has 2 aromatic rings. The Morgan fingerprint density at radius 2 is 1.78 bits per heavy atom. The topological polar surface area (TPSA) is 53.5 Å². The quantitative estimate of drug-likeness (QED) is 0.827. The minimum absolute atomic E-state index is 0.0784. The number of nitrogens with one attached hydrogen (secondary N) is 2. The summed E-state index contributed by atoms with van der Waals surface area (Å²) in [5, 5.41) is 5.98. The highest BCUT2D eigenvalue weighted by atomic mass is 19.4. The molecule has 0 saturated carbocycles. The van der Waals surface area contributed by atoms with E-state index in [1.54, 1.807) is 24.3 Å². The van der Waals surface area contributed by atoms with Crippen molar-refractivity contribution in [3.8, 4) is 0 Å². The summed E-state index contributed by atoms with van der Waals surface area (Å²) in [7, 11) is 0. The molecule has 1 aliphatic heterocycles. The van der Waals surface area contributed by atoms with Crippen LogP contribution >= 0.6 is 0 Å². The number of fused-ring (bicyclic) bond motifs is 2. The molecule has 0 atom stereocenters. The molecule has 2 aromatic carbocycles. The predicted octanol–water partition coefficient (Wildman–Crippen LogP) is 3.82. The van der Waals surface area contributed by atoms with Gasteiger partial charge in [0.15, 0.2) is 0 Å². The minimum Gasteiger partial charge on any atom is -0.353 e. The highest BCUT2D eigenvalue weighted by Crippen LogP contribution is 2.37. The molecular formula is C16H12F3N3O. The molecule has 1 aliphatic rings. The zero-order valence-corrected chi connectivity index (χ0v) is 11.8. The van der Waals surface area contributed by atoms with E-state index in [0.29, 0.717) is 29.1 Å². The van der Waals surface area contributed by atoms with Crippen molar-refractivity contribution >= 4 is 29.2 Å². The van der Waals surface area contributed by atoms with Crippen molar-refractivity contribution in [1.82, 2.24) is 0 Å². The molecule has 7 heteroatoms. The normalized spacial score (nSPS) is 15.0. The fourth-order valence-electron chi connectivity index (χ4n) is 2.32. The molecule has 118 valence electrons. The molecule has 0 fully saturated rings. The average molecular weight is 319 g/mol. The van der Waals surface area contributed by atoms with Gasteiger partial charge < -0.3 is 15.4 Å². The number of hydrogen-bond acceptors (Lipinski definition) is 3. The number of halogens is 3. The molecule has 0 bridgehead atoms. The van der Waals surface area contributed by atoms with Gasteiger partial charge in [0.05, 0.1) is 23.5 Å². The Hall–Kier alpha value is -2.83. The number of alkyl halides is 3. The van der Waals surface area contributed by atoms with Crippen LogP contribution in [-0.4, -0.2) is 18.7 Å². The molecule has 0 aliphatic carbocycles. The SMILES string of the molecule is O=CCN=C1Nc2cc(C(F)(F)F)ccc2Nc2ccccc21. The van der Waals surface area contributed by atoms with Crippen LogP contribution in [0.1, 0.15) is 11.1 Å². The van der Waals surface area contributed by atoms with E-state index in [0.717, 1.165) is 12.1 Å². The Labute approximate surface area is 130 Å². The van der Waals surface area contributed by atoms with Crippen molar-refractivity contribution in [1.29, 1.82) is 0 Å². The van der Waals surface area contributed by atoms with E-state index < -0.39 is 11.7 Å². The molecule has 23 heavy (non-hydrogen) atoms. The lowest BCUT2D eigenvalue weighted by molar-refractivity contribution is -0.137. The first-order valence-electron chi connectivity index (χ1n) is 6.82. The minimum atomic E-state index is -4.43. The summed E-state index contributed by atoms with van der Waals surface area (Å²) in [5.74, 6) is 0.346. The zero-order valence-electron chi connectivity index (χ0n) is 11.8. The van der Waals surface area contributed by atoms with E-state index in [4.69, 9.17) is 0 Å². The van der Waals surface area contributed by atoms with Gasteiger partial charge in [-0.1, -0.05) is 12.1 Å². The number of aldehydes is 1. The molecular weight excluding hydrogens is 307 g/mol. The van der Waals surface area contributed by atoms with Gasteiger partial charge in [-0.15, -0.1) is 0 Å². The Morgan fingerprint density at radius 3 is 2.52 bits per heavy atom. The number of rotatable bonds is 2. The molecule has 2 N–H and O–H groups in total. The smallest absolute Gasteiger partial charge is 0.353 e. The van der Waals surface area contributed by atoms with Crippen LogP contribution in [0, 0.1) is 0 Å². The van der Waals surface area contributed by atoms with Crippen molar-refractivity contribution in [2.24, 2.45) is 4.99 Å². The second kappa shape index (κ2) is 5.75. The summed E-state index contributed by atoms with van der Waals surface area (Å²) in [6.07, 6.45) is -3.81. The van der Waals surface area contributed by atoms with Crippen LogP contribution < -0.4 is 10.6 Å². The highest BCUT2D eigenvalue weighted by molar-refractivity contribution is 6.15. The van der Waals surface area contributed by atoms with Crippen LogP contribution in [0.5, 0.6) is 0 Å². The second-order valence-corrected chi connectivity index (χ2v) is 4.91.